The summed E-state index contributed by atoms with van der Waals surface area (Å²) in [5, 5.41) is 11.1. The summed E-state index contributed by atoms with van der Waals surface area (Å²) >= 11 is 0. The van der Waals surface area contributed by atoms with Crippen molar-refractivity contribution in [2.24, 2.45) is 22.2 Å². The maximum absolute atomic E-state index is 14.5. The second-order valence-corrected chi connectivity index (χ2v) is 16.9. The number of nitrogens with zero attached hydrogens (tertiary/aromatic N) is 2. The summed E-state index contributed by atoms with van der Waals surface area (Å²) in [4.78, 5) is 95.8. The molecule has 0 aliphatic carbocycles. The number of rotatable bonds is 14. The highest BCUT2D eigenvalue weighted by molar-refractivity contribution is 6.38. The van der Waals surface area contributed by atoms with Crippen molar-refractivity contribution in [3.8, 4) is 0 Å². The summed E-state index contributed by atoms with van der Waals surface area (Å²) in [5.74, 6) is -3.38. The molecule has 2 aliphatic rings. The fourth-order valence-electron chi connectivity index (χ4n) is 6.48. The van der Waals surface area contributed by atoms with Gasteiger partial charge in [0.05, 0.1) is 12.1 Å². The lowest BCUT2D eigenvalue weighted by Gasteiger charge is -2.40. The first kappa shape index (κ1) is 42.4. The molecule has 1 unspecified atom stereocenters. The number of carbonyl (C=O) groups is 7. The number of urea groups is 1. The molecule has 2 saturated heterocycles. The lowest BCUT2D eigenvalue weighted by Crippen LogP contribution is -2.63. The van der Waals surface area contributed by atoms with Gasteiger partial charge in [0.2, 0.25) is 29.4 Å². The first-order chi connectivity index (χ1) is 23.0. The molecule has 2 aliphatic heterocycles. The molecule has 0 bridgehead atoms. The Balaban J connectivity index is 2.38. The number of hydrogen-bond acceptors (Lipinski definition) is 7. The molecule has 50 heavy (non-hydrogen) atoms. The van der Waals surface area contributed by atoms with E-state index in [-0.39, 0.29) is 56.6 Å². The number of likely N-dealkylation sites (tertiary alicyclic amines) is 2. The molecule has 0 aromatic carbocycles. The molecule has 4 N–H and O–H groups in total. The topological polar surface area (TPSA) is 174 Å². The number of amides is 7. The van der Waals surface area contributed by atoms with E-state index in [1.807, 2.05) is 69.2 Å². The van der Waals surface area contributed by atoms with E-state index in [0.29, 0.717) is 19.3 Å². The second kappa shape index (κ2) is 17.4. The summed E-state index contributed by atoms with van der Waals surface area (Å²) in [7, 11) is 0. The Morgan fingerprint density at radius 1 is 0.900 bits per heavy atom. The molecule has 0 saturated carbocycles. The van der Waals surface area contributed by atoms with Crippen LogP contribution in [0.5, 0.6) is 0 Å². The molecular formula is C37H62N6O7. The van der Waals surface area contributed by atoms with Crippen LogP contribution in [0.25, 0.3) is 0 Å². The van der Waals surface area contributed by atoms with Gasteiger partial charge in [-0.3, -0.25) is 33.7 Å². The van der Waals surface area contributed by atoms with Crippen molar-refractivity contribution < 1.29 is 33.6 Å². The van der Waals surface area contributed by atoms with Gasteiger partial charge in [0.1, 0.15) is 12.1 Å². The van der Waals surface area contributed by atoms with Gasteiger partial charge in [-0.1, -0.05) is 88.2 Å². The highest BCUT2D eigenvalue weighted by Crippen LogP contribution is 2.40. The molecule has 0 spiro atoms. The second-order valence-electron chi connectivity index (χ2n) is 16.9. The van der Waals surface area contributed by atoms with Gasteiger partial charge in [-0.2, -0.15) is 0 Å². The SMILES string of the molecule is C=CCNC(=O)C(=O)C(CCCC)NC(=O)[C@@H]1[C@@H](C(C)(C)C)CCN1C(=O)[C@@H](NC(=O)N[C@H](CN1C(=O)CCCC1=O)C(C)(C)C)C(C)(C)C. The molecule has 2 rings (SSSR count). The zero-order valence-corrected chi connectivity index (χ0v) is 32.0. The minimum Gasteiger partial charge on any atom is -0.346 e. The van der Waals surface area contributed by atoms with Gasteiger partial charge in [0.15, 0.2) is 0 Å². The first-order valence-corrected chi connectivity index (χ1v) is 18.0. The van der Waals surface area contributed by atoms with Gasteiger partial charge in [-0.25, -0.2) is 4.79 Å². The Bertz CT molecular complexity index is 1280. The minimum absolute atomic E-state index is 0.00782. The van der Waals surface area contributed by atoms with E-state index in [2.05, 4.69) is 27.8 Å². The van der Waals surface area contributed by atoms with Crippen LogP contribution in [0, 0.1) is 22.2 Å². The van der Waals surface area contributed by atoms with E-state index in [1.54, 1.807) is 0 Å². The van der Waals surface area contributed by atoms with E-state index in [4.69, 9.17) is 0 Å². The summed E-state index contributed by atoms with van der Waals surface area (Å²) in [6.45, 7) is 23.0. The molecule has 0 aromatic rings. The normalized spacial score (nSPS) is 20.4. The maximum atomic E-state index is 14.5. The van der Waals surface area contributed by atoms with Gasteiger partial charge >= 0.3 is 6.03 Å². The van der Waals surface area contributed by atoms with Crippen LogP contribution in [0.3, 0.4) is 0 Å². The third kappa shape index (κ3) is 11.4. The van der Waals surface area contributed by atoms with Crippen molar-refractivity contribution in [2.75, 3.05) is 19.6 Å². The molecule has 282 valence electrons. The van der Waals surface area contributed by atoms with Crippen LogP contribution < -0.4 is 21.3 Å². The molecular weight excluding hydrogens is 640 g/mol. The van der Waals surface area contributed by atoms with Gasteiger partial charge in [0, 0.05) is 32.5 Å². The highest BCUT2D eigenvalue weighted by atomic mass is 16.2. The molecule has 7 amide bonds. The van der Waals surface area contributed by atoms with E-state index in [0.717, 1.165) is 6.42 Å². The maximum Gasteiger partial charge on any atom is 0.315 e. The van der Waals surface area contributed by atoms with Crippen LogP contribution in [0.1, 0.15) is 114 Å². The number of hydrogen-bond donors (Lipinski definition) is 4. The van der Waals surface area contributed by atoms with E-state index in [9.17, 15) is 33.6 Å². The predicted octanol–water partition coefficient (Wildman–Crippen LogP) is 3.46. The summed E-state index contributed by atoms with van der Waals surface area (Å²) in [5.41, 5.74) is -1.72. The summed E-state index contributed by atoms with van der Waals surface area (Å²) < 4.78 is 0. The Hall–Kier alpha value is -3.77. The Morgan fingerprint density at radius 2 is 1.50 bits per heavy atom. The summed E-state index contributed by atoms with van der Waals surface area (Å²) in [6, 6.07) is -4.33. The lowest BCUT2D eigenvalue weighted by molar-refractivity contribution is -0.148. The van der Waals surface area contributed by atoms with Gasteiger partial charge in [-0.15, -0.1) is 6.58 Å². The zero-order chi connectivity index (χ0) is 38.2. The van der Waals surface area contributed by atoms with Crippen LogP contribution in [-0.2, 0) is 28.8 Å². The Morgan fingerprint density at radius 3 is 2.00 bits per heavy atom. The fraction of sp³-hybridized carbons (Fsp3) is 0.757. The van der Waals surface area contributed by atoms with Crippen LogP contribution >= 0.6 is 0 Å². The molecule has 0 radical (unpaired) electrons. The Labute approximate surface area is 298 Å². The van der Waals surface area contributed by atoms with Gasteiger partial charge in [-0.05, 0) is 41.4 Å². The first-order valence-electron chi connectivity index (χ1n) is 18.0. The van der Waals surface area contributed by atoms with E-state index in [1.165, 1.54) is 15.9 Å². The minimum atomic E-state index is -1.07. The largest absolute Gasteiger partial charge is 0.346 e. The lowest BCUT2D eigenvalue weighted by atomic mass is 9.75. The number of imide groups is 1. The summed E-state index contributed by atoms with van der Waals surface area (Å²) in [6.07, 6.45) is 4.63. The number of nitrogens with one attached hydrogen (secondary N) is 4. The van der Waals surface area contributed by atoms with E-state index < -0.39 is 69.9 Å². The average Bonchev–Trinajstić information content (AvgIpc) is 3.46. The smallest absolute Gasteiger partial charge is 0.315 e. The van der Waals surface area contributed by atoms with Crippen molar-refractivity contribution in [2.45, 2.75) is 138 Å². The number of unbranched alkanes of at least 4 members (excludes halogenated alkanes) is 1. The van der Waals surface area contributed by atoms with Gasteiger partial charge < -0.3 is 26.2 Å². The van der Waals surface area contributed by atoms with Crippen molar-refractivity contribution in [3.63, 3.8) is 0 Å². The van der Waals surface area contributed by atoms with Crippen molar-refractivity contribution in [3.05, 3.63) is 12.7 Å². The molecule has 2 heterocycles. The number of ketones is 1. The van der Waals surface area contributed by atoms with Crippen LogP contribution in [-0.4, -0.2) is 95.0 Å². The molecule has 13 heteroatoms. The number of piperidine rings is 1. The van der Waals surface area contributed by atoms with E-state index >= 15 is 0 Å². The monoisotopic (exact) mass is 702 g/mol. The number of Topliss-reactive ketones (excluding diaryl/α,β-unsaturated/α-hetero) is 1. The highest BCUT2D eigenvalue weighted by Gasteiger charge is 2.50. The van der Waals surface area contributed by atoms with Gasteiger partial charge in [0.25, 0.3) is 5.91 Å². The van der Waals surface area contributed by atoms with Crippen molar-refractivity contribution >= 4 is 41.4 Å². The predicted molar refractivity (Wildman–Crippen MR) is 191 cm³/mol. The fourth-order valence-corrected chi connectivity index (χ4v) is 6.48. The quantitative estimate of drug-likeness (QED) is 0.122. The molecule has 5 atom stereocenters. The molecule has 0 aromatic heterocycles. The number of carbonyl (C=O) groups excluding carboxylic acids is 7. The molecule has 13 nitrogen and oxygen atoms in total. The Kier molecular flexibility index (Phi) is 14.8. The van der Waals surface area contributed by atoms with Crippen LogP contribution in [0.2, 0.25) is 0 Å². The standard InChI is InChI=1S/C37H62N6O7/c1-12-14-16-24(29(46)32(48)38-20-13-2)39-31(47)28-23(35(3,4)5)19-21-42(28)33(49)30(37(9,10)11)41-34(50)40-25(36(6,7)8)22-43-26(44)17-15-18-27(43)45/h13,23-25,28,30H,2,12,14-22H2,1,3-11H3,(H,38,48)(H,39,47)(H2,40,41,50)/t23-,24?,25+,28-,30+/m0/s1. The third-order valence-electron chi connectivity index (χ3n) is 9.66. The van der Waals surface area contributed by atoms with Crippen LogP contribution in [0.4, 0.5) is 4.79 Å². The molecule has 2 fully saturated rings. The van der Waals surface area contributed by atoms with Crippen molar-refractivity contribution in [1.29, 1.82) is 0 Å². The van der Waals surface area contributed by atoms with Crippen molar-refractivity contribution in [1.82, 2.24) is 31.1 Å². The zero-order valence-electron chi connectivity index (χ0n) is 32.0. The average molecular weight is 703 g/mol. The van der Waals surface area contributed by atoms with Crippen LogP contribution in [0.15, 0.2) is 12.7 Å². The third-order valence-corrected chi connectivity index (χ3v) is 9.66.